The van der Waals surface area contributed by atoms with Crippen LogP contribution in [0.2, 0.25) is 0 Å². The molecule has 1 aliphatic heterocycles. The van der Waals surface area contributed by atoms with Crippen LogP contribution < -0.4 is 15.8 Å². The van der Waals surface area contributed by atoms with Gasteiger partial charge in [-0.25, -0.2) is 0 Å². The molecule has 0 bridgehead atoms. The van der Waals surface area contributed by atoms with Crippen molar-refractivity contribution in [3.63, 3.8) is 0 Å². The van der Waals surface area contributed by atoms with Crippen LogP contribution in [0.4, 0.5) is 5.69 Å². The van der Waals surface area contributed by atoms with Crippen molar-refractivity contribution in [1.29, 1.82) is 0 Å². The number of ether oxygens (including phenoxy) is 1. The molecule has 0 spiro atoms. The molecule has 17 heavy (non-hydrogen) atoms. The first-order valence-corrected chi connectivity index (χ1v) is 6.53. The van der Waals surface area contributed by atoms with Crippen LogP contribution in [-0.4, -0.2) is 19.7 Å². The highest BCUT2D eigenvalue weighted by atomic mass is 16.5. The van der Waals surface area contributed by atoms with Gasteiger partial charge in [0.2, 0.25) is 0 Å². The molecule has 0 amide bonds. The van der Waals surface area contributed by atoms with E-state index in [1.165, 1.54) is 32.4 Å². The van der Waals surface area contributed by atoms with Crippen molar-refractivity contribution in [2.75, 3.05) is 25.4 Å². The molecule has 94 valence electrons. The zero-order valence-electron chi connectivity index (χ0n) is 10.3. The molecule has 1 aliphatic rings. The van der Waals surface area contributed by atoms with Crippen molar-refractivity contribution >= 4 is 5.69 Å². The Morgan fingerprint density at radius 2 is 2.12 bits per heavy atom. The first-order chi connectivity index (χ1) is 8.34. The fourth-order valence-electron chi connectivity index (χ4n) is 2.30. The van der Waals surface area contributed by atoms with E-state index in [-0.39, 0.29) is 0 Å². The van der Waals surface area contributed by atoms with E-state index in [2.05, 4.69) is 5.32 Å². The molecule has 2 rings (SSSR count). The molecule has 1 aromatic rings. The molecule has 0 radical (unpaired) electrons. The number of hydrogen-bond donors (Lipinski definition) is 2. The minimum atomic E-state index is 0.783. The molecule has 0 saturated carbocycles. The number of hydrogen-bond acceptors (Lipinski definition) is 3. The lowest BCUT2D eigenvalue weighted by Crippen LogP contribution is -2.29. The third kappa shape index (κ3) is 4.27. The molecule has 3 N–H and O–H groups in total. The summed E-state index contributed by atoms with van der Waals surface area (Å²) in [4.78, 5) is 0. The highest BCUT2D eigenvalue weighted by Crippen LogP contribution is 2.17. The largest absolute Gasteiger partial charge is 0.494 e. The van der Waals surface area contributed by atoms with Gasteiger partial charge in [0.1, 0.15) is 5.75 Å². The smallest absolute Gasteiger partial charge is 0.119 e. The summed E-state index contributed by atoms with van der Waals surface area (Å²) in [6.07, 6.45) is 5.09. The van der Waals surface area contributed by atoms with Gasteiger partial charge in [0.05, 0.1) is 6.61 Å². The minimum Gasteiger partial charge on any atom is -0.494 e. The second-order valence-corrected chi connectivity index (χ2v) is 4.77. The molecular weight excluding hydrogens is 212 g/mol. The van der Waals surface area contributed by atoms with Crippen LogP contribution in [0, 0.1) is 5.92 Å². The van der Waals surface area contributed by atoms with E-state index in [1.807, 2.05) is 24.3 Å². The fraction of sp³-hybridized carbons (Fsp3) is 0.571. The normalized spacial score (nSPS) is 20.1. The third-order valence-corrected chi connectivity index (χ3v) is 3.30. The average Bonchev–Trinajstić information content (AvgIpc) is 2.38. The summed E-state index contributed by atoms with van der Waals surface area (Å²) in [5, 5.41) is 3.44. The number of piperidine rings is 1. The van der Waals surface area contributed by atoms with Gasteiger partial charge in [0, 0.05) is 5.69 Å². The molecule has 1 aromatic carbocycles. The van der Waals surface area contributed by atoms with Gasteiger partial charge in [-0.3, -0.25) is 0 Å². The van der Waals surface area contributed by atoms with Gasteiger partial charge in [-0.05, 0) is 69.0 Å². The summed E-state index contributed by atoms with van der Waals surface area (Å²) in [6, 6.07) is 7.61. The van der Waals surface area contributed by atoms with E-state index in [4.69, 9.17) is 10.5 Å². The average molecular weight is 234 g/mol. The summed E-state index contributed by atoms with van der Waals surface area (Å²) in [5.74, 6) is 1.76. The van der Waals surface area contributed by atoms with E-state index in [1.54, 1.807) is 0 Å². The maximum atomic E-state index is 5.68. The van der Waals surface area contributed by atoms with Crippen molar-refractivity contribution in [1.82, 2.24) is 5.32 Å². The number of rotatable bonds is 5. The Morgan fingerprint density at radius 1 is 1.29 bits per heavy atom. The Hall–Kier alpha value is -1.22. The maximum absolute atomic E-state index is 5.68. The van der Waals surface area contributed by atoms with Crippen molar-refractivity contribution in [2.45, 2.75) is 25.7 Å². The number of anilines is 1. The highest BCUT2D eigenvalue weighted by Gasteiger charge is 2.11. The molecular formula is C14H22N2O. The fourth-order valence-corrected chi connectivity index (χ4v) is 2.30. The summed E-state index contributed by atoms with van der Waals surface area (Å²) < 4.78 is 5.68. The Balaban J connectivity index is 1.60. The van der Waals surface area contributed by atoms with E-state index in [9.17, 15) is 0 Å². The van der Waals surface area contributed by atoms with Gasteiger partial charge in [0.25, 0.3) is 0 Å². The molecule has 1 atom stereocenters. The highest BCUT2D eigenvalue weighted by molar-refractivity contribution is 5.41. The van der Waals surface area contributed by atoms with E-state index >= 15 is 0 Å². The summed E-state index contributed by atoms with van der Waals surface area (Å²) >= 11 is 0. The predicted octanol–water partition coefficient (Wildman–Crippen LogP) is 2.43. The van der Waals surface area contributed by atoms with Crippen LogP contribution in [0.25, 0.3) is 0 Å². The SMILES string of the molecule is Nc1ccc(OCCCC2CCCNC2)cc1. The van der Waals surface area contributed by atoms with Crippen molar-refractivity contribution in [2.24, 2.45) is 5.92 Å². The summed E-state index contributed by atoms with van der Waals surface area (Å²) in [6.45, 7) is 3.18. The quantitative estimate of drug-likeness (QED) is 0.607. The lowest BCUT2D eigenvalue weighted by molar-refractivity contribution is 0.275. The molecule has 1 fully saturated rings. The molecule has 1 heterocycles. The van der Waals surface area contributed by atoms with E-state index in [0.717, 1.165) is 30.4 Å². The second kappa shape index (κ2) is 6.50. The van der Waals surface area contributed by atoms with Crippen LogP contribution in [0.15, 0.2) is 24.3 Å². The first-order valence-electron chi connectivity index (χ1n) is 6.53. The Bertz CT molecular complexity index is 317. The van der Waals surface area contributed by atoms with Crippen LogP contribution in [0.1, 0.15) is 25.7 Å². The summed E-state index contributed by atoms with van der Waals surface area (Å²) in [7, 11) is 0. The molecule has 1 saturated heterocycles. The monoisotopic (exact) mass is 234 g/mol. The number of nitrogen functional groups attached to an aromatic ring is 1. The van der Waals surface area contributed by atoms with Gasteiger partial charge < -0.3 is 15.8 Å². The van der Waals surface area contributed by atoms with Gasteiger partial charge in [-0.15, -0.1) is 0 Å². The zero-order valence-corrected chi connectivity index (χ0v) is 10.3. The minimum absolute atomic E-state index is 0.783. The van der Waals surface area contributed by atoms with Gasteiger partial charge in [0.15, 0.2) is 0 Å². The Morgan fingerprint density at radius 3 is 2.82 bits per heavy atom. The van der Waals surface area contributed by atoms with E-state index in [0.29, 0.717) is 0 Å². The summed E-state index contributed by atoms with van der Waals surface area (Å²) in [5.41, 5.74) is 6.40. The van der Waals surface area contributed by atoms with Crippen LogP contribution in [-0.2, 0) is 0 Å². The molecule has 3 heteroatoms. The number of benzene rings is 1. The number of nitrogens with two attached hydrogens (primary N) is 1. The molecule has 3 nitrogen and oxygen atoms in total. The number of nitrogens with one attached hydrogen (secondary N) is 1. The van der Waals surface area contributed by atoms with Gasteiger partial charge >= 0.3 is 0 Å². The lowest BCUT2D eigenvalue weighted by Gasteiger charge is -2.22. The van der Waals surface area contributed by atoms with Crippen molar-refractivity contribution in [3.8, 4) is 5.75 Å². The predicted molar refractivity (Wildman–Crippen MR) is 71.2 cm³/mol. The van der Waals surface area contributed by atoms with Gasteiger partial charge in [-0.2, -0.15) is 0 Å². The Kier molecular flexibility index (Phi) is 4.68. The topological polar surface area (TPSA) is 47.3 Å². The molecule has 0 aromatic heterocycles. The van der Waals surface area contributed by atoms with Crippen molar-refractivity contribution in [3.05, 3.63) is 24.3 Å². The maximum Gasteiger partial charge on any atom is 0.119 e. The van der Waals surface area contributed by atoms with E-state index < -0.39 is 0 Å². The lowest BCUT2D eigenvalue weighted by atomic mass is 9.95. The van der Waals surface area contributed by atoms with Crippen molar-refractivity contribution < 1.29 is 4.74 Å². The second-order valence-electron chi connectivity index (χ2n) is 4.77. The first kappa shape index (κ1) is 12.2. The van der Waals surface area contributed by atoms with Gasteiger partial charge in [-0.1, -0.05) is 0 Å². The van der Waals surface area contributed by atoms with Crippen LogP contribution >= 0.6 is 0 Å². The standard InChI is InChI=1S/C14H22N2O/c15-13-5-7-14(8-6-13)17-10-2-4-12-3-1-9-16-11-12/h5-8,12,16H,1-4,9-11,15H2. The third-order valence-electron chi connectivity index (χ3n) is 3.30. The molecule has 0 aliphatic carbocycles. The zero-order chi connectivity index (χ0) is 11.9. The van der Waals surface area contributed by atoms with Crippen LogP contribution in [0.5, 0.6) is 5.75 Å². The molecule has 1 unspecified atom stereocenters. The van der Waals surface area contributed by atoms with Crippen LogP contribution in [0.3, 0.4) is 0 Å². The Labute approximate surface area is 103 Å².